The Hall–Kier alpha value is -4.74. The van der Waals surface area contributed by atoms with Crippen molar-refractivity contribution in [3.63, 3.8) is 0 Å². The zero-order valence-electron chi connectivity index (χ0n) is 29.2. The van der Waals surface area contributed by atoms with Gasteiger partial charge in [-0.05, 0) is 61.5 Å². The first kappa shape index (κ1) is 40.3. The molecule has 1 aliphatic carbocycles. The van der Waals surface area contributed by atoms with Crippen LogP contribution in [-0.4, -0.2) is 43.0 Å². The molecule has 1 aromatic rings. The number of amides is 1. The molecule has 2 aliphatic rings. The lowest BCUT2D eigenvalue weighted by Gasteiger charge is -2.16. The average Bonchev–Trinajstić information content (AvgIpc) is 3.36. The van der Waals surface area contributed by atoms with Crippen LogP contribution in [0.15, 0.2) is 108 Å². The minimum atomic E-state index is -0.249. The molecule has 252 valence electrons. The fraction of sp³-hybridized carbons (Fsp3) is 0.385. The maximum atomic E-state index is 12.7. The Bertz CT molecular complexity index is 1430. The van der Waals surface area contributed by atoms with Crippen molar-refractivity contribution in [1.29, 1.82) is 5.26 Å². The van der Waals surface area contributed by atoms with E-state index in [9.17, 15) is 14.9 Å². The van der Waals surface area contributed by atoms with Crippen LogP contribution in [0.1, 0.15) is 77.8 Å². The quantitative estimate of drug-likeness (QED) is 0.113. The van der Waals surface area contributed by atoms with Gasteiger partial charge in [-0.15, -0.1) is 0 Å². The van der Waals surface area contributed by atoms with E-state index in [0.29, 0.717) is 6.42 Å². The van der Waals surface area contributed by atoms with Crippen LogP contribution in [0.3, 0.4) is 0 Å². The molecule has 1 amide bonds. The second-order valence-electron chi connectivity index (χ2n) is 11.0. The first-order valence-electron chi connectivity index (χ1n) is 16.0. The van der Waals surface area contributed by atoms with E-state index < -0.39 is 0 Å². The summed E-state index contributed by atoms with van der Waals surface area (Å²) in [7, 11) is 3.18. The summed E-state index contributed by atoms with van der Waals surface area (Å²) < 4.78 is 9.26. The van der Waals surface area contributed by atoms with Gasteiger partial charge in [0.1, 0.15) is 12.1 Å². The van der Waals surface area contributed by atoms with Gasteiger partial charge in [-0.25, -0.2) is 4.99 Å². The fourth-order valence-electron chi connectivity index (χ4n) is 4.57. The number of allylic oxidation sites excluding steroid dienone is 12. The van der Waals surface area contributed by atoms with Crippen LogP contribution in [0.4, 0.5) is 0 Å². The zero-order chi connectivity index (χ0) is 35.2. The standard InChI is InChI=1S/C27H31N3O.C9H15NO.C3H6O2/c1-4-6-12-25-23(18-27(31)30(3)26(5-2)29-25)17-20-13-15-21(16-14-20)24-11-9-7-8-10-22(24)19-28;1-4-5-6-7-8(2)11-9(3)10;1-3(4)5-2/h7-11,13-16,22H,4-6,12,17-18H2,1-3H3;4-7,9H,1,10H2,2-3H3;1-2H3/b;6-5-,8-7+;. The third-order valence-electron chi connectivity index (χ3n) is 7.10. The summed E-state index contributed by atoms with van der Waals surface area (Å²) in [5.74, 6) is 1.27. The Morgan fingerprint density at radius 3 is 2.43 bits per heavy atom. The van der Waals surface area contributed by atoms with Gasteiger partial charge in [-0.1, -0.05) is 99.7 Å². The number of esters is 1. The van der Waals surface area contributed by atoms with E-state index in [2.05, 4.69) is 48.6 Å². The molecule has 2 unspecified atom stereocenters. The molecule has 0 saturated carbocycles. The summed E-state index contributed by atoms with van der Waals surface area (Å²) in [6, 6.07) is 10.7. The minimum Gasteiger partial charge on any atom is -0.481 e. The second-order valence-corrected chi connectivity index (χ2v) is 11.0. The number of nitrogens with zero attached hydrogens (tertiary/aromatic N) is 3. The van der Waals surface area contributed by atoms with E-state index in [-0.39, 0.29) is 24.0 Å². The fourth-order valence-corrected chi connectivity index (χ4v) is 4.57. The molecule has 0 spiro atoms. The van der Waals surface area contributed by atoms with Crippen LogP contribution in [0, 0.1) is 17.2 Å². The number of nitriles is 1. The molecule has 0 radical (unpaired) electrons. The lowest BCUT2D eigenvalue weighted by atomic mass is 9.91. The van der Waals surface area contributed by atoms with E-state index in [1.54, 1.807) is 17.9 Å². The van der Waals surface area contributed by atoms with E-state index in [4.69, 9.17) is 15.5 Å². The van der Waals surface area contributed by atoms with Crippen LogP contribution >= 0.6 is 0 Å². The molecule has 0 saturated heterocycles. The third kappa shape index (κ3) is 15.4. The highest BCUT2D eigenvalue weighted by atomic mass is 16.5. The molecule has 0 aromatic heterocycles. The molecule has 1 aliphatic heterocycles. The van der Waals surface area contributed by atoms with Gasteiger partial charge in [-0.2, -0.15) is 5.26 Å². The van der Waals surface area contributed by atoms with E-state index in [1.165, 1.54) is 14.0 Å². The van der Waals surface area contributed by atoms with Crippen molar-refractivity contribution in [3.8, 4) is 6.07 Å². The zero-order valence-corrected chi connectivity index (χ0v) is 29.2. The van der Waals surface area contributed by atoms with Crippen molar-refractivity contribution >= 4 is 23.3 Å². The van der Waals surface area contributed by atoms with Gasteiger partial charge in [0.15, 0.2) is 0 Å². The number of unbranched alkanes of at least 4 members (excludes halogenated alkanes) is 1. The van der Waals surface area contributed by atoms with Gasteiger partial charge >= 0.3 is 5.97 Å². The molecule has 0 bridgehead atoms. The minimum absolute atomic E-state index is 0.109. The molecule has 0 fully saturated rings. The number of methoxy groups -OCH3 is 1. The third-order valence-corrected chi connectivity index (χ3v) is 7.10. The van der Waals surface area contributed by atoms with Crippen LogP contribution in [0.25, 0.3) is 5.57 Å². The monoisotopic (exact) mass is 640 g/mol. The topological polar surface area (TPSA) is 118 Å². The van der Waals surface area contributed by atoms with E-state index >= 15 is 0 Å². The smallest absolute Gasteiger partial charge is 0.302 e. The Kier molecular flexibility index (Phi) is 19.5. The SMILES string of the molecule is C=C/C=C\C=C(/C)OC(C)N.CCCCC1=C(Cc2ccc(C3=CC=CC=CC3C#N)cc2)CC(=O)N(C)C(CC)=N1.COC(C)=O. The summed E-state index contributed by atoms with van der Waals surface area (Å²) in [6.07, 6.45) is 21.7. The number of hydrogen-bond acceptors (Lipinski definition) is 7. The number of amidine groups is 1. The van der Waals surface area contributed by atoms with Crippen molar-refractivity contribution in [1.82, 2.24) is 4.90 Å². The molecule has 2 N–H and O–H groups in total. The lowest BCUT2D eigenvalue weighted by molar-refractivity contribution is -0.138. The molecular formula is C39H52N4O4. The first-order chi connectivity index (χ1) is 22.5. The summed E-state index contributed by atoms with van der Waals surface area (Å²) in [6.45, 7) is 12.8. The average molecular weight is 641 g/mol. The number of benzene rings is 1. The highest BCUT2D eigenvalue weighted by Crippen LogP contribution is 2.29. The van der Waals surface area contributed by atoms with Gasteiger partial charge in [-0.3, -0.25) is 15.3 Å². The molecule has 8 nitrogen and oxygen atoms in total. The predicted molar refractivity (Wildman–Crippen MR) is 193 cm³/mol. The Balaban J connectivity index is 0.000000572. The molecule has 8 heteroatoms. The molecule has 2 atom stereocenters. The van der Waals surface area contributed by atoms with Gasteiger partial charge in [0.05, 0.1) is 31.3 Å². The number of aliphatic imine (C=N–C) groups is 1. The number of carbonyl (C=O) groups excluding carboxylic acids is 2. The van der Waals surface area contributed by atoms with Crippen LogP contribution < -0.4 is 5.73 Å². The van der Waals surface area contributed by atoms with Crippen LogP contribution in [0.5, 0.6) is 0 Å². The Morgan fingerprint density at radius 1 is 1.19 bits per heavy atom. The van der Waals surface area contributed by atoms with Crippen molar-refractivity contribution in [2.24, 2.45) is 16.6 Å². The summed E-state index contributed by atoms with van der Waals surface area (Å²) in [5, 5.41) is 9.51. The number of nitrogens with two attached hydrogens (primary N) is 1. The highest BCUT2D eigenvalue weighted by Gasteiger charge is 2.22. The predicted octanol–water partition coefficient (Wildman–Crippen LogP) is 8.13. The van der Waals surface area contributed by atoms with E-state index in [0.717, 1.165) is 71.7 Å². The molecular weight excluding hydrogens is 588 g/mol. The van der Waals surface area contributed by atoms with Crippen molar-refractivity contribution in [3.05, 3.63) is 114 Å². The van der Waals surface area contributed by atoms with Crippen molar-refractivity contribution in [2.75, 3.05) is 14.2 Å². The largest absolute Gasteiger partial charge is 0.481 e. The molecule has 3 rings (SSSR count). The number of ether oxygens (including phenoxy) is 2. The first-order valence-corrected chi connectivity index (χ1v) is 16.0. The van der Waals surface area contributed by atoms with Gasteiger partial charge in [0.25, 0.3) is 0 Å². The van der Waals surface area contributed by atoms with Crippen molar-refractivity contribution < 1.29 is 19.1 Å². The summed E-state index contributed by atoms with van der Waals surface area (Å²) in [5.41, 5.74) is 10.8. The van der Waals surface area contributed by atoms with Gasteiger partial charge < -0.3 is 14.4 Å². The van der Waals surface area contributed by atoms with E-state index in [1.807, 2.05) is 69.5 Å². The molecule has 1 heterocycles. The summed E-state index contributed by atoms with van der Waals surface area (Å²) in [4.78, 5) is 28.9. The normalized spacial score (nSPS) is 16.7. The van der Waals surface area contributed by atoms with Gasteiger partial charge in [0.2, 0.25) is 5.91 Å². The van der Waals surface area contributed by atoms with Crippen LogP contribution in [0.2, 0.25) is 0 Å². The number of rotatable bonds is 11. The summed E-state index contributed by atoms with van der Waals surface area (Å²) >= 11 is 0. The van der Waals surface area contributed by atoms with Gasteiger partial charge in [0, 0.05) is 26.1 Å². The number of carbonyl (C=O) groups is 2. The Labute approximate surface area is 282 Å². The lowest BCUT2D eigenvalue weighted by Crippen LogP contribution is -2.31. The van der Waals surface area contributed by atoms with Crippen molar-refractivity contribution in [2.45, 2.75) is 79.4 Å². The molecule has 47 heavy (non-hydrogen) atoms. The second kappa shape index (κ2) is 22.7. The maximum Gasteiger partial charge on any atom is 0.302 e. The molecule has 1 aromatic carbocycles. The van der Waals surface area contributed by atoms with Crippen LogP contribution in [-0.2, 0) is 25.5 Å². The highest BCUT2D eigenvalue weighted by molar-refractivity contribution is 6.00. The maximum absolute atomic E-state index is 12.7. The Morgan fingerprint density at radius 2 is 1.87 bits per heavy atom. The number of hydrogen-bond donors (Lipinski definition) is 1.